The Kier molecular flexibility index (Phi) is 12.7. The van der Waals surface area contributed by atoms with E-state index in [0.29, 0.717) is 0 Å². The monoisotopic (exact) mass is 899 g/mol. The van der Waals surface area contributed by atoms with Gasteiger partial charge in [-0.2, -0.15) is 0 Å². The third-order valence-electron chi connectivity index (χ3n) is 14.4. The van der Waals surface area contributed by atoms with Crippen molar-refractivity contribution < 1.29 is 0 Å². The van der Waals surface area contributed by atoms with E-state index < -0.39 is 5.41 Å². The summed E-state index contributed by atoms with van der Waals surface area (Å²) in [5, 5.41) is 3.81. The molecule has 1 nitrogen and oxygen atoms in total. The van der Waals surface area contributed by atoms with Gasteiger partial charge in [-0.05, 0) is 152 Å². The zero-order valence-electron chi connectivity index (χ0n) is 39.9. The molecule has 9 aromatic rings. The fourth-order valence-electron chi connectivity index (χ4n) is 11.0. The second kappa shape index (κ2) is 20.1. The summed E-state index contributed by atoms with van der Waals surface area (Å²) in [5.41, 5.74) is 24.1. The molecule has 0 saturated carbocycles. The summed E-state index contributed by atoms with van der Waals surface area (Å²) in [6.07, 6.45) is 14.9. The molecule has 0 unspecified atom stereocenters. The van der Waals surface area contributed by atoms with Gasteiger partial charge in [0, 0.05) is 17.5 Å². The van der Waals surface area contributed by atoms with Gasteiger partial charge in [-0.1, -0.05) is 236 Å². The van der Waals surface area contributed by atoms with Gasteiger partial charge < -0.3 is 5.32 Å². The van der Waals surface area contributed by atoms with E-state index in [-0.39, 0.29) is 0 Å². The van der Waals surface area contributed by atoms with Gasteiger partial charge >= 0.3 is 0 Å². The van der Waals surface area contributed by atoms with Crippen LogP contribution in [0.1, 0.15) is 70.2 Å². The van der Waals surface area contributed by atoms with Crippen molar-refractivity contribution in [2.24, 2.45) is 0 Å². The van der Waals surface area contributed by atoms with Gasteiger partial charge in [0.15, 0.2) is 0 Å². The van der Waals surface area contributed by atoms with Crippen molar-refractivity contribution in [1.29, 1.82) is 0 Å². The van der Waals surface area contributed by atoms with Crippen LogP contribution in [-0.2, 0) is 11.8 Å². The summed E-state index contributed by atoms with van der Waals surface area (Å²) < 4.78 is 0. The summed E-state index contributed by atoms with van der Waals surface area (Å²) in [6.45, 7) is 2.11. The first-order valence-corrected chi connectivity index (χ1v) is 24.9. The van der Waals surface area contributed by atoms with Crippen molar-refractivity contribution in [2.45, 2.75) is 44.4 Å². The van der Waals surface area contributed by atoms with Crippen molar-refractivity contribution in [3.63, 3.8) is 0 Å². The SMILES string of the molecule is C1=C/C2=C(\C=C\Nc3ccc(-c4cccc(-c5cccc(Cc6ccccc6)c5)c4)cc3C3=C\1CCCC3)c1ccccc1C2(c1ccccc1)c1ccccc1.Cc1ccc(-c2ccccc2)cc1. The predicted octanol–water partition coefficient (Wildman–Crippen LogP) is 17.9. The number of hydrogen-bond acceptors (Lipinski definition) is 1. The molecule has 2 aliphatic carbocycles. The van der Waals surface area contributed by atoms with Crippen molar-refractivity contribution in [3.05, 3.63) is 317 Å². The molecular weight excluding hydrogens is 843 g/mol. The zero-order chi connectivity index (χ0) is 47.1. The summed E-state index contributed by atoms with van der Waals surface area (Å²) in [7, 11) is 0. The highest BCUT2D eigenvalue weighted by Crippen LogP contribution is 2.55. The van der Waals surface area contributed by atoms with Crippen LogP contribution in [0.2, 0.25) is 0 Å². The molecule has 12 rings (SSSR count). The maximum Gasteiger partial charge on any atom is 0.0713 e. The molecule has 0 atom stereocenters. The van der Waals surface area contributed by atoms with Crippen LogP contribution in [0.3, 0.4) is 0 Å². The highest BCUT2D eigenvalue weighted by atomic mass is 14.8. The second-order valence-electron chi connectivity index (χ2n) is 18.8. The van der Waals surface area contributed by atoms with Crippen LogP contribution in [-0.4, -0.2) is 0 Å². The predicted molar refractivity (Wildman–Crippen MR) is 297 cm³/mol. The van der Waals surface area contributed by atoms with Crippen LogP contribution in [0.25, 0.3) is 44.5 Å². The Morgan fingerprint density at radius 3 is 1.67 bits per heavy atom. The highest BCUT2D eigenvalue weighted by Gasteiger charge is 2.46. The average Bonchev–Trinajstić information content (AvgIpc) is 3.70. The maximum absolute atomic E-state index is 3.81. The quantitative estimate of drug-likeness (QED) is 0.168. The molecule has 70 heavy (non-hydrogen) atoms. The molecule has 0 radical (unpaired) electrons. The lowest BCUT2D eigenvalue weighted by molar-refractivity contribution is 0.723. The molecule has 0 bridgehead atoms. The third kappa shape index (κ3) is 8.95. The topological polar surface area (TPSA) is 12.0 Å². The number of allylic oxidation sites excluding steroid dienone is 7. The lowest BCUT2D eigenvalue weighted by Gasteiger charge is -2.35. The summed E-state index contributed by atoms with van der Waals surface area (Å²) in [5.74, 6) is 0. The second-order valence-corrected chi connectivity index (χ2v) is 18.8. The van der Waals surface area contributed by atoms with Crippen LogP contribution in [0.15, 0.2) is 272 Å². The van der Waals surface area contributed by atoms with Crippen molar-refractivity contribution in [2.75, 3.05) is 5.32 Å². The number of aryl methyl sites for hydroxylation is 1. The first-order chi connectivity index (χ1) is 34.6. The van der Waals surface area contributed by atoms with Gasteiger partial charge in [-0.3, -0.25) is 0 Å². The summed E-state index contributed by atoms with van der Waals surface area (Å²) in [4.78, 5) is 0. The molecular formula is C69H57N. The minimum Gasteiger partial charge on any atom is -0.361 e. The lowest BCUT2D eigenvalue weighted by atomic mass is 9.66. The van der Waals surface area contributed by atoms with Gasteiger partial charge in [0.1, 0.15) is 0 Å². The standard InChI is InChI=1S/C56H45N.C13H12/c1-4-16-40(17-5-1)36-41-18-14-20-43(37-41)44-21-15-22-45(38-44)46-31-33-55-52(39-46)49-27-11-10-19-42(49)30-32-54-51(34-35-57-55)50-28-12-13-29-53(50)56(54,47-23-6-2-7-24-47)48-25-8-3-9-26-48;1-11-7-9-13(10-8-11)12-5-3-2-4-6-12/h1-9,12-18,20-26,28-35,37-39,57H,10-11,19,27,36H2;2-10H,1H3/b32-30-,35-34+;. The zero-order valence-corrected chi connectivity index (χ0v) is 39.9. The molecule has 1 heterocycles. The Morgan fingerprint density at radius 2 is 0.957 bits per heavy atom. The van der Waals surface area contributed by atoms with Crippen molar-refractivity contribution >= 4 is 16.8 Å². The van der Waals surface area contributed by atoms with E-state index in [1.165, 1.54) is 113 Å². The van der Waals surface area contributed by atoms with Gasteiger partial charge in [-0.25, -0.2) is 0 Å². The maximum atomic E-state index is 3.81. The number of rotatable bonds is 7. The van der Waals surface area contributed by atoms with E-state index in [9.17, 15) is 0 Å². The summed E-state index contributed by atoms with van der Waals surface area (Å²) >= 11 is 0. The molecule has 0 amide bonds. The van der Waals surface area contributed by atoms with E-state index in [1.54, 1.807) is 0 Å². The Hall–Kier alpha value is -8.26. The van der Waals surface area contributed by atoms with E-state index in [4.69, 9.17) is 0 Å². The summed E-state index contributed by atoms with van der Waals surface area (Å²) in [6, 6.07) is 86.1. The number of nitrogens with one attached hydrogen (secondary N) is 1. The van der Waals surface area contributed by atoms with E-state index in [1.807, 2.05) is 6.07 Å². The number of fused-ring (bicyclic) bond motifs is 4. The number of hydrogen-bond donors (Lipinski definition) is 1. The fourth-order valence-corrected chi connectivity index (χ4v) is 11.0. The first kappa shape index (κ1) is 44.3. The van der Waals surface area contributed by atoms with Gasteiger partial charge in [-0.15, -0.1) is 0 Å². The lowest BCUT2D eigenvalue weighted by Crippen LogP contribution is -2.29. The molecule has 338 valence electrons. The molecule has 1 aliphatic heterocycles. The largest absolute Gasteiger partial charge is 0.361 e. The van der Waals surface area contributed by atoms with Gasteiger partial charge in [0.2, 0.25) is 0 Å². The highest BCUT2D eigenvalue weighted by molar-refractivity contribution is 5.93. The number of anilines is 1. The van der Waals surface area contributed by atoms with E-state index >= 15 is 0 Å². The minimum atomic E-state index is -0.454. The Labute approximate surface area is 414 Å². The van der Waals surface area contributed by atoms with E-state index in [2.05, 4.69) is 267 Å². The average molecular weight is 900 g/mol. The van der Waals surface area contributed by atoms with Crippen LogP contribution in [0, 0.1) is 6.92 Å². The van der Waals surface area contributed by atoms with Gasteiger partial charge in [0.05, 0.1) is 5.41 Å². The van der Waals surface area contributed by atoms with Crippen LogP contribution < -0.4 is 5.32 Å². The van der Waals surface area contributed by atoms with Gasteiger partial charge in [0.25, 0.3) is 0 Å². The Bertz CT molecular complexity index is 3350. The molecule has 3 aliphatic rings. The van der Waals surface area contributed by atoms with E-state index in [0.717, 1.165) is 24.9 Å². The Morgan fingerprint density at radius 1 is 0.414 bits per heavy atom. The smallest absolute Gasteiger partial charge is 0.0713 e. The number of benzene rings is 9. The fraction of sp³-hybridized carbons (Fsp3) is 0.101. The minimum absolute atomic E-state index is 0.454. The van der Waals surface area contributed by atoms with Crippen molar-refractivity contribution in [3.8, 4) is 33.4 Å². The molecule has 0 spiro atoms. The van der Waals surface area contributed by atoms with Crippen LogP contribution in [0.4, 0.5) is 5.69 Å². The Balaban J connectivity index is 0.000000355. The van der Waals surface area contributed by atoms with Crippen LogP contribution in [0.5, 0.6) is 0 Å². The molecule has 1 N–H and O–H groups in total. The molecule has 0 fully saturated rings. The third-order valence-corrected chi connectivity index (χ3v) is 14.4. The normalized spacial score (nSPS) is 15.4. The molecule has 0 aromatic heterocycles. The molecule has 0 saturated heterocycles. The molecule has 1 heteroatoms. The first-order valence-electron chi connectivity index (χ1n) is 24.9. The van der Waals surface area contributed by atoms with Crippen LogP contribution >= 0.6 is 0 Å². The molecule has 9 aromatic carbocycles. The van der Waals surface area contributed by atoms with Crippen molar-refractivity contribution in [1.82, 2.24) is 0 Å².